The first-order chi connectivity index (χ1) is 16.9. The summed E-state index contributed by atoms with van der Waals surface area (Å²) >= 11 is 6.11. The lowest BCUT2D eigenvalue weighted by molar-refractivity contribution is -0.113. The first-order valence-electron chi connectivity index (χ1n) is 10.9. The fourth-order valence-corrected chi connectivity index (χ4v) is 4.51. The van der Waals surface area contributed by atoms with Gasteiger partial charge in [0.1, 0.15) is 5.82 Å². The summed E-state index contributed by atoms with van der Waals surface area (Å²) in [7, 11) is 0. The molecule has 0 radical (unpaired) electrons. The highest BCUT2D eigenvalue weighted by molar-refractivity contribution is 6.39. The Hall–Kier alpha value is -4.22. The van der Waals surface area contributed by atoms with Crippen molar-refractivity contribution >= 4 is 40.3 Å². The minimum Gasteiger partial charge on any atom is -0.478 e. The number of benzene rings is 4. The maximum absolute atomic E-state index is 15.3. The summed E-state index contributed by atoms with van der Waals surface area (Å²) in [6, 6.07) is 27.4. The van der Waals surface area contributed by atoms with E-state index in [-0.39, 0.29) is 29.2 Å². The van der Waals surface area contributed by atoms with E-state index in [4.69, 9.17) is 11.6 Å². The standard InChI is InChI=1S/C29H19ClFNO3/c30-22-14-12-20(13-15-22)25(19-7-2-1-3-8-19)27-26-23(31)10-5-11-24(26)32(28(27)33)17-18-6-4-9-21(16-18)29(34)35/h1-16H,17H2,(H,34,35)/b27-25+. The molecule has 0 spiro atoms. The Morgan fingerprint density at radius 2 is 1.49 bits per heavy atom. The van der Waals surface area contributed by atoms with Gasteiger partial charge in [-0.15, -0.1) is 0 Å². The molecule has 6 heteroatoms. The predicted octanol–water partition coefficient (Wildman–Crippen LogP) is 6.68. The van der Waals surface area contributed by atoms with Crippen LogP contribution in [0.3, 0.4) is 0 Å². The van der Waals surface area contributed by atoms with Crippen molar-refractivity contribution in [2.24, 2.45) is 0 Å². The molecule has 4 aromatic rings. The molecular formula is C29H19ClFNO3. The lowest BCUT2D eigenvalue weighted by Gasteiger charge is -2.18. The minimum absolute atomic E-state index is 0.0998. The molecule has 5 rings (SSSR count). The number of carboxylic acids is 1. The second kappa shape index (κ2) is 9.20. The third-order valence-electron chi connectivity index (χ3n) is 5.95. The van der Waals surface area contributed by atoms with E-state index in [0.717, 1.165) is 11.1 Å². The number of carbonyl (C=O) groups excluding carboxylic acids is 1. The van der Waals surface area contributed by atoms with Crippen molar-refractivity contribution in [2.75, 3.05) is 4.90 Å². The topological polar surface area (TPSA) is 57.6 Å². The number of carboxylic acid groups (broad SMARTS) is 1. The summed E-state index contributed by atoms with van der Waals surface area (Å²) in [6.45, 7) is 0.0998. The maximum Gasteiger partial charge on any atom is 0.335 e. The third-order valence-corrected chi connectivity index (χ3v) is 6.20. The van der Waals surface area contributed by atoms with E-state index in [1.807, 2.05) is 42.5 Å². The number of anilines is 1. The van der Waals surface area contributed by atoms with Gasteiger partial charge in [0.25, 0.3) is 5.91 Å². The van der Waals surface area contributed by atoms with Crippen LogP contribution in [-0.2, 0) is 11.3 Å². The predicted molar refractivity (Wildman–Crippen MR) is 135 cm³/mol. The van der Waals surface area contributed by atoms with Crippen LogP contribution in [0.15, 0.2) is 97.1 Å². The number of hydrogen-bond donors (Lipinski definition) is 1. The molecule has 35 heavy (non-hydrogen) atoms. The Bertz CT molecular complexity index is 1480. The molecule has 0 saturated heterocycles. The molecule has 0 aliphatic carbocycles. The van der Waals surface area contributed by atoms with Crippen LogP contribution in [0.5, 0.6) is 0 Å². The first-order valence-corrected chi connectivity index (χ1v) is 11.3. The Kier molecular flexibility index (Phi) is 5.93. The average molecular weight is 484 g/mol. The van der Waals surface area contributed by atoms with Crippen molar-refractivity contribution in [1.29, 1.82) is 0 Å². The van der Waals surface area contributed by atoms with Gasteiger partial charge in [-0.1, -0.05) is 72.3 Å². The van der Waals surface area contributed by atoms with E-state index in [9.17, 15) is 14.7 Å². The second-order valence-electron chi connectivity index (χ2n) is 8.15. The van der Waals surface area contributed by atoms with Gasteiger partial charge in [0, 0.05) is 16.2 Å². The van der Waals surface area contributed by atoms with Gasteiger partial charge in [0.05, 0.1) is 23.4 Å². The first kappa shape index (κ1) is 22.6. The van der Waals surface area contributed by atoms with Crippen molar-refractivity contribution < 1.29 is 19.1 Å². The number of nitrogens with zero attached hydrogens (tertiary/aromatic N) is 1. The fraction of sp³-hybridized carbons (Fsp3) is 0.0345. The van der Waals surface area contributed by atoms with Crippen LogP contribution in [0.1, 0.15) is 32.6 Å². The summed E-state index contributed by atoms with van der Waals surface area (Å²) in [5.74, 6) is -1.92. The van der Waals surface area contributed by atoms with Gasteiger partial charge >= 0.3 is 5.97 Å². The summed E-state index contributed by atoms with van der Waals surface area (Å²) in [5, 5.41) is 9.91. The highest BCUT2D eigenvalue weighted by atomic mass is 35.5. The number of halogens is 2. The lowest BCUT2D eigenvalue weighted by Crippen LogP contribution is -2.26. The summed E-state index contributed by atoms with van der Waals surface area (Å²) in [5.41, 5.74) is 3.75. The van der Waals surface area contributed by atoms with Gasteiger partial charge in [-0.2, -0.15) is 0 Å². The molecule has 0 bridgehead atoms. The molecule has 1 aliphatic rings. The van der Waals surface area contributed by atoms with E-state index >= 15 is 4.39 Å². The number of amides is 1. The minimum atomic E-state index is -1.05. The Morgan fingerprint density at radius 1 is 0.829 bits per heavy atom. The van der Waals surface area contributed by atoms with Crippen molar-refractivity contribution in [1.82, 2.24) is 0 Å². The van der Waals surface area contributed by atoms with Crippen LogP contribution < -0.4 is 4.90 Å². The van der Waals surface area contributed by atoms with Crippen LogP contribution >= 0.6 is 11.6 Å². The SMILES string of the molecule is O=C(O)c1cccc(CN2C(=O)/C(=C(\c3ccccc3)c3ccc(Cl)cc3)c3c(F)cccc32)c1. The van der Waals surface area contributed by atoms with Gasteiger partial charge in [-0.3, -0.25) is 4.79 Å². The van der Waals surface area contributed by atoms with Crippen LogP contribution in [0.2, 0.25) is 5.02 Å². The van der Waals surface area contributed by atoms with Gasteiger partial charge in [0.2, 0.25) is 0 Å². The molecule has 0 atom stereocenters. The largest absolute Gasteiger partial charge is 0.478 e. The van der Waals surface area contributed by atoms with Crippen LogP contribution in [0.4, 0.5) is 10.1 Å². The zero-order chi connectivity index (χ0) is 24.5. The monoisotopic (exact) mass is 483 g/mol. The molecule has 4 nitrogen and oxygen atoms in total. The molecular weight excluding hydrogens is 465 g/mol. The molecule has 0 saturated carbocycles. The van der Waals surface area contributed by atoms with Gasteiger partial charge in [-0.05, 0) is 53.1 Å². The smallest absolute Gasteiger partial charge is 0.335 e. The normalized spacial score (nSPS) is 14.1. The van der Waals surface area contributed by atoms with Gasteiger partial charge in [0.15, 0.2) is 0 Å². The van der Waals surface area contributed by atoms with E-state index < -0.39 is 11.8 Å². The van der Waals surface area contributed by atoms with Crippen molar-refractivity contribution in [2.45, 2.75) is 6.54 Å². The van der Waals surface area contributed by atoms with Crippen LogP contribution in [0.25, 0.3) is 11.1 Å². The molecule has 1 heterocycles. The maximum atomic E-state index is 15.3. The van der Waals surface area contributed by atoms with E-state index in [0.29, 0.717) is 21.8 Å². The van der Waals surface area contributed by atoms with Crippen LogP contribution in [-0.4, -0.2) is 17.0 Å². The van der Waals surface area contributed by atoms with Crippen molar-refractivity contribution in [3.05, 3.63) is 136 Å². The zero-order valence-corrected chi connectivity index (χ0v) is 19.2. The molecule has 0 fully saturated rings. The second-order valence-corrected chi connectivity index (χ2v) is 8.59. The summed E-state index contributed by atoms with van der Waals surface area (Å²) in [6.07, 6.45) is 0. The Labute approximate surface area is 206 Å². The third kappa shape index (κ3) is 4.22. The molecule has 1 aliphatic heterocycles. The molecule has 172 valence electrons. The van der Waals surface area contributed by atoms with E-state index in [2.05, 4.69) is 0 Å². The van der Waals surface area contributed by atoms with E-state index in [1.54, 1.807) is 36.4 Å². The zero-order valence-electron chi connectivity index (χ0n) is 18.4. The number of rotatable bonds is 5. The highest BCUT2D eigenvalue weighted by Crippen LogP contribution is 2.45. The Balaban J connectivity index is 1.73. The van der Waals surface area contributed by atoms with E-state index in [1.165, 1.54) is 23.1 Å². The van der Waals surface area contributed by atoms with Gasteiger partial charge in [-0.25, -0.2) is 9.18 Å². The summed E-state index contributed by atoms with van der Waals surface area (Å²) in [4.78, 5) is 26.9. The molecule has 0 unspecified atom stereocenters. The molecule has 4 aromatic carbocycles. The summed E-state index contributed by atoms with van der Waals surface area (Å²) < 4.78 is 15.3. The number of carbonyl (C=O) groups is 2. The number of fused-ring (bicyclic) bond motifs is 1. The number of hydrogen-bond acceptors (Lipinski definition) is 2. The molecule has 1 N–H and O–H groups in total. The van der Waals surface area contributed by atoms with Crippen molar-refractivity contribution in [3.63, 3.8) is 0 Å². The lowest BCUT2D eigenvalue weighted by atomic mass is 9.90. The molecule has 0 aromatic heterocycles. The Morgan fingerprint density at radius 3 is 2.20 bits per heavy atom. The van der Waals surface area contributed by atoms with Crippen molar-refractivity contribution in [3.8, 4) is 0 Å². The molecule has 1 amide bonds. The highest BCUT2D eigenvalue weighted by Gasteiger charge is 2.37. The van der Waals surface area contributed by atoms with Crippen LogP contribution in [0, 0.1) is 5.82 Å². The number of aromatic carboxylic acids is 1. The quantitative estimate of drug-likeness (QED) is 0.322. The average Bonchev–Trinajstić information content (AvgIpc) is 3.14. The van der Waals surface area contributed by atoms with Gasteiger partial charge < -0.3 is 10.0 Å². The fourth-order valence-electron chi connectivity index (χ4n) is 4.39.